The third-order valence-corrected chi connectivity index (χ3v) is 12.2. The summed E-state index contributed by atoms with van der Waals surface area (Å²) in [7, 11) is 0. The molecule has 0 spiro atoms. The minimum Gasteiger partial charge on any atom is -0.462 e. The van der Waals surface area contributed by atoms with Crippen LogP contribution in [0.15, 0.2) is 72.9 Å². The number of carbonyl (C=O) groups is 2. The lowest BCUT2D eigenvalue weighted by Gasteiger charge is -2.42. The van der Waals surface area contributed by atoms with Crippen molar-refractivity contribution in [3.8, 4) is 0 Å². The maximum Gasteiger partial charge on any atom is 0.306 e. The van der Waals surface area contributed by atoms with Crippen LogP contribution in [0.1, 0.15) is 168 Å². The topological polar surface area (TPSA) is 231 Å². The molecule has 2 aliphatic heterocycles. The Hall–Kier alpha value is -3.06. The third kappa shape index (κ3) is 28.8. The van der Waals surface area contributed by atoms with Gasteiger partial charge in [0.05, 0.1) is 19.8 Å². The summed E-state index contributed by atoms with van der Waals surface area (Å²) in [4.78, 5) is 25.7. The van der Waals surface area contributed by atoms with Crippen molar-refractivity contribution in [3.05, 3.63) is 72.9 Å². The Labute approximate surface area is 419 Å². The lowest BCUT2D eigenvalue weighted by atomic mass is 9.98. The summed E-state index contributed by atoms with van der Waals surface area (Å²) in [5.41, 5.74) is 0. The van der Waals surface area contributed by atoms with Crippen molar-refractivity contribution in [2.45, 2.75) is 235 Å². The summed E-state index contributed by atoms with van der Waals surface area (Å²) < 4.78 is 33.4. The summed E-state index contributed by atoms with van der Waals surface area (Å²) in [6, 6.07) is 0. The van der Waals surface area contributed by atoms with Crippen LogP contribution in [-0.4, -0.2) is 142 Å². The van der Waals surface area contributed by atoms with E-state index in [2.05, 4.69) is 68.5 Å². The Bertz CT molecular complexity index is 1490. The van der Waals surface area contributed by atoms with Gasteiger partial charge in [-0.3, -0.25) is 9.59 Å². The van der Waals surface area contributed by atoms with E-state index in [9.17, 15) is 45.3 Å². The minimum atomic E-state index is -1.78. The van der Waals surface area contributed by atoms with Crippen molar-refractivity contribution in [1.82, 2.24) is 0 Å². The minimum absolute atomic E-state index is 0.0638. The van der Waals surface area contributed by atoms with Gasteiger partial charge in [0, 0.05) is 12.8 Å². The van der Waals surface area contributed by atoms with Crippen molar-refractivity contribution in [2.24, 2.45) is 0 Å². The summed E-state index contributed by atoms with van der Waals surface area (Å²) in [5.74, 6) is -1.08. The highest BCUT2D eigenvalue weighted by Gasteiger charge is 2.47. The van der Waals surface area contributed by atoms with Crippen LogP contribution in [0.25, 0.3) is 0 Å². The van der Waals surface area contributed by atoms with E-state index in [1.165, 1.54) is 83.5 Å². The summed E-state index contributed by atoms with van der Waals surface area (Å²) in [6.07, 6.45) is 32.4. The largest absolute Gasteiger partial charge is 0.462 e. The van der Waals surface area contributed by atoms with Gasteiger partial charge in [0.1, 0.15) is 55.4 Å². The SMILES string of the molecule is CCCCC/C=C/C/C=C/C/C=C/C/C=C/C/C=C/CCC(=O)OC[C@@H](CO[C@@H]1O[C@H](CO[C@@H]2O[C@H](CO)[C@H](O)C(O)C2O)[C@H](O)C(O)C1O)OC(=O)CC/C=C/CCCCCCCCCCCCC. The molecule has 0 radical (unpaired) electrons. The number of esters is 2. The van der Waals surface area contributed by atoms with E-state index in [1.807, 2.05) is 18.2 Å². The molecule has 402 valence electrons. The molecule has 11 atom stereocenters. The van der Waals surface area contributed by atoms with Gasteiger partial charge < -0.3 is 64.2 Å². The highest BCUT2D eigenvalue weighted by Crippen LogP contribution is 2.26. The van der Waals surface area contributed by atoms with E-state index in [0.717, 1.165) is 44.9 Å². The quantitative estimate of drug-likeness (QED) is 0.0176. The molecule has 15 nitrogen and oxygen atoms in total. The fourth-order valence-corrected chi connectivity index (χ4v) is 7.80. The second kappa shape index (κ2) is 41.4. The fourth-order valence-electron chi connectivity index (χ4n) is 7.80. The van der Waals surface area contributed by atoms with Crippen molar-refractivity contribution in [3.63, 3.8) is 0 Å². The molecule has 2 rings (SSSR count). The van der Waals surface area contributed by atoms with E-state index >= 15 is 0 Å². The molecule has 2 fully saturated rings. The normalized spacial score (nSPS) is 26.0. The Kier molecular flexibility index (Phi) is 37.3. The van der Waals surface area contributed by atoms with Crippen LogP contribution < -0.4 is 0 Å². The van der Waals surface area contributed by atoms with Crippen molar-refractivity contribution in [1.29, 1.82) is 0 Å². The van der Waals surface area contributed by atoms with Gasteiger partial charge in [-0.2, -0.15) is 0 Å². The molecule has 0 aromatic heterocycles. The predicted octanol–water partition coefficient (Wildman–Crippen LogP) is 7.82. The number of rotatable bonds is 40. The van der Waals surface area contributed by atoms with Gasteiger partial charge in [-0.05, 0) is 64.2 Å². The predicted molar refractivity (Wildman–Crippen MR) is 270 cm³/mol. The number of carbonyl (C=O) groups excluding carboxylic acids is 2. The van der Waals surface area contributed by atoms with E-state index in [1.54, 1.807) is 0 Å². The molecule has 0 aliphatic carbocycles. The molecule has 2 aliphatic rings. The van der Waals surface area contributed by atoms with Gasteiger partial charge in [0.2, 0.25) is 0 Å². The van der Waals surface area contributed by atoms with Gasteiger partial charge in [0.15, 0.2) is 18.7 Å². The van der Waals surface area contributed by atoms with E-state index < -0.39 is 99.3 Å². The number of allylic oxidation sites excluding steroid dienone is 12. The van der Waals surface area contributed by atoms with Crippen LogP contribution in [0.2, 0.25) is 0 Å². The van der Waals surface area contributed by atoms with Crippen molar-refractivity contribution >= 4 is 11.9 Å². The molecule has 15 heteroatoms. The smallest absolute Gasteiger partial charge is 0.306 e. The number of ether oxygens (including phenoxy) is 6. The van der Waals surface area contributed by atoms with Gasteiger partial charge in [-0.1, -0.05) is 164 Å². The molecular formula is C55H92O15. The van der Waals surface area contributed by atoms with Crippen LogP contribution >= 0.6 is 0 Å². The monoisotopic (exact) mass is 993 g/mol. The average Bonchev–Trinajstić information content (AvgIpc) is 3.35. The molecule has 70 heavy (non-hydrogen) atoms. The van der Waals surface area contributed by atoms with Gasteiger partial charge in [0.25, 0.3) is 0 Å². The van der Waals surface area contributed by atoms with E-state index in [0.29, 0.717) is 12.8 Å². The number of aliphatic hydroxyl groups is 7. The number of aliphatic hydroxyl groups excluding tert-OH is 7. The van der Waals surface area contributed by atoms with Gasteiger partial charge in [-0.15, -0.1) is 0 Å². The van der Waals surface area contributed by atoms with Crippen LogP contribution in [-0.2, 0) is 38.0 Å². The molecule has 0 bridgehead atoms. The zero-order valence-corrected chi connectivity index (χ0v) is 42.5. The molecule has 0 aromatic rings. The number of unbranched alkanes of at least 4 members (excludes halogenated alkanes) is 14. The maximum absolute atomic E-state index is 13.0. The second-order valence-electron chi connectivity index (χ2n) is 18.3. The number of hydrogen-bond acceptors (Lipinski definition) is 15. The Morgan fingerprint density at radius 2 is 0.857 bits per heavy atom. The Morgan fingerprint density at radius 3 is 1.40 bits per heavy atom. The zero-order chi connectivity index (χ0) is 51.0. The fraction of sp³-hybridized carbons (Fsp3) is 0.745. The first kappa shape index (κ1) is 63.1. The summed E-state index contributed by atoms with van der Waals surface area (Å²) in [5, 5.41) is 72.1. The third-order valence-electron chi connectivity index (χ3n) is 12.2. The summed E-state index contributed by atoms with van der Waals surface area (Å²) in [6.45, 7) is 2.44. The molecule has 2 heterocycles. The molecule has 4 unspecified atom stereocenters. The van der Waals surface area contributed by atoms with E-state index in [-0.39, 0.29) is 19.4 Å². The zero-order valence-electron chi connectivity index (χ0n) is 42.5. The van der Waals surface area contributed by atoms with E-state index in [4.69, 9.17) is 28.4 Å². The first-order valence-corrected chi connectivity index (χ1v) is 26.5. The van der Waals surface area contributed by atoms with Crippen molar-refractivity contribution < 1.29 is 73.8 Å². The second-order valence-corrected chi connectivity index (χ2v) is 18.3. The first-order chi connectivity index (χ1) is 34.0. The highest BCUT2D eigenvalue weighted by atomic mass is 16.7. The molecule has 0 amide bonds. The average molecular weight is 993 g/mol. The van der Waals surface area contributed by atoms with Crippen LogP contribution in [0.4, 0.5) is 0 Å². The molecule has 7 N–H and O–H groups in total. The summed E-state index contributed by atoms with van der Waals surface area (Å²) >= 11 is 0. The van der Waals surface area contributed by atoms with Crippen LogP contribution in [0, 0.1) is 0 Å². The lowest BCUT2D eigenvalue weighted by Crippen LogP contribution is -2.61. The van der Waals surface area contributed by atoms with Gasteiger partial charge in [-0.25, -0.2) is 0 Å². The lowest BCUT2D eigenvalue weighted by molar-refractivity contribution is -0.332. The molecule has 0 aromatic carbocycles. The molecule has 2 saturated heterocycles. The van der Waals surface area contributed by atoms with Crippen molar-refractivity contribution in [2.75, 3.05) is 26.4 Å². The highest BCUT2D eigenvalue weighted by molar-refractivity contribution is 5.70. The molecule has 0 saturated carbocycles. The standard InChI is InChI=1S/C55H92O15/c1-3-5-7-9-11-13-15-17-19-20-21-22-24-25-27-29-31-33-35-37-46(57)65-40-43(68-47(58)38-36-34-32-30-28-26-23-18-16-14-12-10-8-6-4-2)41-66-54-53(64)51(62)49(60)45(70-54)42-67-55-52(63)50(61)48(59)44(39-56)69-55/h11,13,17,19,21-22,25,27,31-34,43-45,48-56,59-64H,3-10,12,14-16,18,20,23-24,26,28-30,35-42H2,1-2H3/b13-11+,19-17+,22-21+,27-25+,33-31+,34-32+/t43-,44+,45+,48-,49-,50?,51?,52?,53?,54+,55+/m0/s1. The maximum atomic E-state index is 13.0. The Balaban J connectivity index is 1.85. The van der Waals surface area contributed by atoms with Crippen LogP contribution in [0.3, 0.4) is 0 Å². The Morgan fingerprint density at radius 1 is 0.457 bits per heavy atom. The van der Waals surface area contributed by atoms with Crippen LogP contribution in [0.5, 0.6) is 0 Å². The first-order valence-electron chi connectivity index (χ1n) is 26.5. The molecular weight excluding hydrogens is 901 g/mol. The van der Waals surface area contributed by atoms with Gasteiger partial charge >= 0.3 is 11.9 Å². The number of hydrogen-bond donors (Lipinski definition) is 7.